The summed E-state index contributed by atoms with van der Waals surface area (Å²) in [6.45, 7) is 0.224. The van der Waals surface area contributed by atoms with Gasteiger partial charge in [0, 0.05) is 5.56 Å². The van der Waals surface area contributed by atoms with Crippen LogP contribution in [0.3, 0.4) is 0 Å². The molecule has 7 nitrogen and oxygen atoms in total. The molecule has 0 atom stereocenters. The van der Waals surface area contributed by atoms with Crippen molar-refractivity contribution in [1.82, 2.24) is 14.9 Å². The van der Waals surface area contributed by atoms with E-state index in [9.17, 15) is 0 Å². The van der Waals surface area contributed by atoms with Crippen molar-refractivity contribution < 1.29 is 14.2 Å². The zero-order chi connectivity index (χ0) is 19.2. The monoisotopic (exact) mass is 448 g/mol. The molecule has 0 amide bonds. The van der Waals surface area contributed by atoms with Crippen LogP contribution in [0.15, 0.2) is 52.0 Å². The number of nitrogens with one attached hydrogen (secondary N) is 1. The Morgan fingerprint density at radius 2 is 1.96 bits per heavy atom. The predicted molar refractivity (Wildman–Crippen MR) is 108 cm³/mol. The van der Waals surface area contributed by atoms with Gasteiger partial charge in [0.25, 0.3) is 0 Å². The Balaban J connectivity index is 1.84. The number of hydrogen-bond donors (Lipinski definition) is 1. The normalized spacial score (nSPS) is 10.9. The minimum atomic E-state index is 0.224. The molecule has 140 valence electrons. The number of aromatic amines is 1. The quantitative estimate of drug-likeness (QED) is 0.433. The van der Waals surface area contributed by atoms with E-state index >= 15 is 0 Å². The van der Waals surface area contributed by atoms with Gasteiger partial charge in [0.1, 0.15) is 12.4 Å². The lowest BCUT2D eigenvalue weighted by Crippen LogP contribution is -2.04. The summed E-state index contributed by atoms with van der Waals surface area (Å²) >= 11 is 8.78. The van der Waals surface area contributed by atoms with Gasteiger partial charge in [-0.25, -0.2) is 5.10 Å². The van der Waals surface area contributed by atoms with E-state index in [4.69, 9.17) is 26.4 Å². The summed E-state index contributed by atoms with van der Waals surface area (Å²) in [7, 11) is 3.16. The molecule has 3 rings (SSSR count). The number of H-pyrrole nitrogens is 1. The van der Waals surface area contributed by atoms with Gasteiger partial charge in [-0.3, -0.25) is 0 Å². The number of para-hydroxylation sites is 1. The first-order valence-electron chi connectivity index (χ1n) is 7.93. The predicted octanol–water partition coefficient (Wildman–Crippen LogP) is 4.18. The summed E-state index contributed by atoms with van der Waals surface area (Å²) in [5, 5.41) is 11.3. The van der Waals surface area contributed by atoms with Crippen LogP contribution >= 0.6 is 28.1 Å². The number of methoxy groups -OCH3 is 2. The molecule has 0 saturated heterocycles. The number of benzene rings is 2. The summed E-state index contributed by atoms with van der Waals surface area (Å²) in [5.74, 6) is 2.50. The lowest BCUT2D eigenvalue weighted by Gasteiger charge is -2.11. The van der Waals surface area contributed by atoms with Crippen LogP contribution in [0, 0.1) is 4.77 Å². The molecule has 9 heteroatoms. The lowest BCUT2D eigenvalue weighted by atomic mass is 10.2. The smallest absolute Gasteiger partial charge is 0.216 e. The molecule has 0 fully saturated rings. The molecule has 0 radical (unpaired) electrons. The second kappa shape index (κ2) is 8.83. The van der Waals surface area contributed by atoms with Gasteiger partial charge in [-0.05, 0) is 52.4 Å². The third-order valence-corrected chi connectivity index (χ3v) is 4.74. The van der Waals surface area contributed by atoms with Crippen molar-refractivity contribution >= 4 is 34.4 Å². The van der Waals surface area contributed by atoms with Gasteiger partial charge < -0.3 is 14.2 Å². The maximum atomic E-state index is 5.72. The van der Waals surface area contributed by atoms with E-state index < -0.39 is 0 Å². The highest BCUT2D eigenvalue weighted by atomic mass is 79.9. The molecule has 0 bridgehead atoms. The van der Waals surface area contributed by atoms with E-state index in [0.29, 0.717) is 22.1 Å². The van der Waals surface area contributed by atoms with Crippen molar-refractivity contribution in [3.05, 3.63) is 63.1 Å². The van der Waals surface area contributed by atoms with Gasteiger partial charge >= 0.3 is 0 Å². The Morgan fingerprint density at radius 1 is 1.19 bits per heavy atom. The summed E-state index contributed by atoms with van der Waals surface area (Å²) in [5.41, 5.74) is 0.797. The molecule has 2 aromatic carbocycles. The standard InChI is InChI=1S/C18H17BrN4O3S/c1-24-14-9-8-12(16(19)17(14)25-2)10-20-23-15(21-22-18(23)27)11-26-13-6-4-3-5-7-13/h3-10H,11H2,1-2H3,(H,22,27)/b20-10-. The van der Waals surface area contributed by atoms with Gasteiger partial charge in [0.2, 0.25) is 4.77 Å². The minimum absolute atomic E-state index is 0.224. The first-order chi connectivity index (χ1) is 13.1. The fraction of sp³-hybridized carbons (Fsp3) is 0.167. The Labute approximate surface area is 169 Å². The number of halogens is 1. The maximum Gasteiger partial charge on any atom is 0.216 e. The van der Waals surface area contributed by atoms with Crippen LogP contribution in [0.2, 0.25) is 0 Å². The molecule has 0 spiro atoms. The number of aromatic nitrogens is 3. The highest BCUT2D eigenvalue weighted by Gasteiger charge is 2.12. The van der Waals surface area contributed by atoms with Crippen LogP contribution in [-0.2, 0) is 6.61 Å². The average Bonchev–Trinajstić information content (AvgIpc) is 3.05. The molecular formula is C18H17BrN4O3S. The molecule has 1 N–H and O–H groups in total. The van der Waals surface area contributed by atoms with Crippen molar-refractivity contribution in [1.29, 1.82) is 0 Å². The molecule has 0 saturated carbocycles. The van der Waals surface area contributed by atoms with E-state index in [1.54, 1.807) is 26.5 Å². The summed E-state index contributed by atoms with van der Waals surface area (Å²) in [6, 6.07) is 13.1. The fourth-order valence-electron chi connectivity index (χ4n) is 2.33. The molecule has 27 heavy (non-hydrogen) atoms. The molecule has 0 aliphatic rings. The van der Waals surface area contributed by atoms with Crippen molar-refractivity contribution in [2.24, 2.45) is 5.10 Å². The lowest BCUT2D eigenvalue weighted by molar-refractivity contribution is 0.290. The van der Waals surface area contributed by atoms with E-state index in [1.165, 1.54) is 4.68 Å². The molecule has 1 heterocycles. The van der Waals surface area contributed by atoms with Gasteiger partial charge in [-0.15, -0.1) is 0 Å². The maximum absolute atomic E-state index is 5.72. The molecule has 0 aliphatic heterocycles. The first kappa shape index (κ1) is 19.1. The number of nitrogens with zero attached hydrogens (tertiary/aromatic N) is 3. The van der Waals surface area contributed by atoms with E-state index in [-0.39, 0.29) is 6.61 Å². The largest absolute Gasteiger partial charge is 0.493 e. The van der Waals surface area contributed by atoms with Gasteiger partial charge in [0.05, 0.1) is 24.9 Å². The topological polar surface area (TPSA) is 73.7 Å². The number of hydrogen-bond acceptors (Lipinski definition) is 6. The molecule has 1 aromatic heterocycles. The van der Waals surface area contributed by atoms with Crippen molar-refractivity contribution in [2.75, 3.05) is 14.2 Å². The van der Waals surface area contributed by atoms with Crippen molar-refractivity contribution in [2.45, 2.75) is 6.61 Å². The number of rotatable bonds is 7. The first-order valence-corrected chi connectivity index (χ1v) is 9.13. The van der Waals surface area contributed by atoms with Crippen molar-refractivity contribution in [3.63, 3.8) is 0 Å². The summed E-state index contributed by atoms with van der Waals surface area (Å²) in [4.78, 5) is 0. The van der Waals surface area contributed by atoms with Crippen LogP contribution in [0.4, 0.5) is 0 Å². The fourth-order valence-corrected chi connectivity index (χ4v) is 3.12. The Morgan fingerprint density at radius 3 is 2.67 bits per heavy atom. The Hall–Kier alpha value is -2.65. The second-order valence-corrected chi connectivity index (χ2v) is 6.49. The summed E-state index contributed by atoms with van der Waals surface area (Å²) < 4.78 is 19.0. The SMILES string of the molecule is COc1ccc(/C=N\n2c(COc3ccccc3)n[nH]c2=S)c(Br)c1OC. The summed E-state index contributed by atoms with van der Waals surface area (Å²) in [6.07, 6.45) is 1.66. The van der Waals surface area contributed by atoms with E-state index in [2.05, 4.69) is 31.2 Å². The molecule has 3 aromatic rings. The third kappa shape index (κ3) is 4.37. The van der Waals surface area contributed by atoms with Crippen LogP contribution in [0.1, 0.15) is 11.4 Å². The van der Waals surface area contributed by atoms with Crippen LogP contribution in [0.25, 0.3) is 0 Å². The average molecular weight is 449 g/mol. The molecule has 0 aliphatic carbocycles. The molecular weight excluding hydrogens is 432 g/mol. The van der Waals surface area contributed by atoms with Crippen LogP contribution in [-0.4, -0.2) is 35.3 Å². The highest BCUT2D eigenvalue weighted by molar-refractivity contribution is 9.10. The van der Waals surface area contributed by atoms with Gasteiger partial charge in [0.15, 0.2) is 17.3 Å². The van der Waals surface area contributed by atoms with Crippen LogP contribution < -0.4 is 14.2 Å². The number of ether oxygens (including phenoxy) is 3. The van der Waals surface area contributed by atoms with Gasteiger partial charge in [-0.1, -0.05) is 18.2 Å². The van der Waals surface area contributed by atoms with Gasteiger partial charge in [-0.2, -0.15) is 14.9 Å². The van der Waals surface area contributed by atoms with E-state index in [0.717, 1.165) is 15.8 Å². The van der Waals surface area contributed by atoms with Crippen LogP contribution in [0.5, 0.6) is 17.2 Å². The minimum Gasteiger partial charge on any atom is -0.493 e. The van der Waals surface area contributed by atoms with E-state index in [1.807, 2.05) is 36.4 Å². The third-order valence-electron chi connectivity index (χ3n) is 3.66. The highest BCUT2D eigenvalue weighted by Crippen LogP contribution is 2.36. The van der Waals surface area contributed by atoms with Crippen molar-refractivity contribution in [3.8, 4) is 17.2 Å². The zero-order valence-electron chi connectivity index (χ0n) is 14.7. The second-order valence-electron chi connectivity index (χ2n) is 5.31. The Bertz CT molecular complexity index is 1000. The molecule has 0 unspecified atom stereocenters. The zero-order valence-corrected chi connectivity index (χ0v) is 17.1. The Kier molecular flexibility index (Phi) is 6.25.